The molecule has 0 bridgehead atoms. The van der Waals surface area contributed by atoms with Crippen LogP contribution in [0.3, 0.4) is 0 Å². The molecule has 0 aliphatic rings. The van der Waals surface area contributed by atoms with E-state index >= 15 is 0 Å². The Kier molecular flexibility index (Phi) is 94.0. The molecule has 0 unspecified atom stereocenters. The summed E-state index contributed by atoms with van der Waals surface area (Å²) < 4.78 is 0. The smallest absolute Gasteiger partial charge is 0.147 e. The first kappa shape index (κ1) is 84.4. The zero-order valence-corrected chi connectivity index (χ0v) is 41.6. The van der Waals surface area contributed by atoms with Crippen molar-refractivity contribution >= 4 is 0 Å². The quantitative estimate of drug-likeness (QED) is 0.157. The molecule has 6 aromatic heterocycles. The molecular weight excluding hydrogens is 910 g/mol. The monoisotopic (exact) mass is 962 g/mol. The number of rotatable bonds is 0. The summed E-state index contributed by atoms with van der Waals surface area (Å²) in [6.07, 6.45) is 23.1. The van der Waals surface area contributed by atoms with Gasteiger partial charge in [0.05, 0.1) is 23.8 Å². The van der Waals surface area contributed by atoms with E-state index in [0.717, 1.165) is 28.5 Å². The molecule has 6 radical (unpaired) electrons. The fourth-order valence-electron chi connectivity index (χ4n) is 2.11. The molecule has 6 heterocycles. The van der Waals surface area contributed by atoms with Crippen LogP contribution in [0.2, 0.25) is 0 Å². The topological polar surface area (TPSA) is 180 Å². The molecule has 0 aliphatic carbocycles. The van der Waals surface area contributed by atoms with Gasteiger partial charge < -0.3 is 44.6 Å². The van der Waals surface area contributed by atoms with Crippen molar-refractivity contribution in [1.29, 1.82) is 0 Å². The van der Waals surface area contributed by atoms with Gasteiger partial charge in [-0.05, 0) is 59.2 Å². The standard InChI is InChI=1S/4C5H6N2.2C4H5N3.6CH3.6V/c1-5-2-6-4-7-3-5;1-5-4-6-2-3-7-5;1-5-2-3-6-4-7-5;1-5-6-3-2-4-7-5;1-4-2-5-3-6-7-4;1-4-5-2-3-6-7-4;;;;;;;;;;;;/h4*2-4H,1H3;2*2-3H,1H3;6*1H3;;;;;;/q;;;;;;6*-1;;;;;;. The summed E-state index contributed by atoms with van der Waals surface area (Å²) in [5.41, 5.74) is 3.92. The third kappa shape index (κ3) is 56.6. The van der Waals surface area contributed by atoms with E-state index in [9.17, 15) is 0 Å². The van der Waals surface area contributed by atoms with Crippen molar-refractivity contribution < 1.29 is 111 Å². The molecule has 0 saturated heterocycles. The predicted molar refractivity (Wildman–Crippen MR) is 195 cm³/mol. The van der Waals surface area contributed by atoms with Crippen molar-refractivity contribution in [2.75, 3.05) is 0 Å². The van der Waals surface area contributed by atoms with E-state index in [1.54, 1.807) is 81.2 Å². The molecule has 6 rings (SSSR count). The van der Waals surface area contributed by atoms with E-state index in [2.05, 4.69) is 70.2 Å². The van der Waals surface area contributed by atoms with Gasteiger partial charge in [-0.15, -0.1) is 10.2 Å². The molecule has 0 saturated carbocycles. The number of hydrogen-bond donors (Lipinski definition) is 0. The van der Waals surface area contributed by atoms with Gasteiger partial charge in [0.25, 0.3) is 0 Å². The van der Waals surface area contributed by atoms with Gasteiger partial charge in [-0.1, -0.05) is 0 Å². The number of hydrogen-bond acceptors (Lipinski definition) is 14. The van der Waals surface area contributed by atoms with Gasteiger partial charge in [0.2, 0.25) is 0 Å². The van der Waals surface area contributed by atoms with Crippen LogP contribution >= 0.6 is 0 Å². The van der Waals surface area contributed by atoms with Crippen molar-refractivity contribution in [3.63, 3.8) is 0 Å². The Balaban J connectivity index is -0.0000000375. The first-order valence-corrected chi connectivity index (χ1v) is 12.5. The molecule has 0 aromatic carbocycles. The van der Waals surface area contributed by atoms with E-state index in [4.69, 9.17) is 0 Å². The maximum absolute atomic E-state index is 3.92. The van der Waals surface area contributed by atoms with Crippen LogP contribution in [-0.4, -0.2) is 70.2 Å². The third-order valence-electron chi connectivity index (χ3n) is 4.00. The normalized spacial score (nSPS) is 6.78. The largest absolute Gasteiger partial charge is 0.358 e. The van der Waals surface area contributed by atoms with Crippen molar-refractivity contribution in [3.05, 3.63) is 178 Å². The molecule has 0 N–H and O–H groups in total. The molecule has 14 nitrogen and oxygen atoms in total. The second-order valence-electron chi connectivity index (χ2n) is 7.85. The van der Waals surface area contributed by atoms with E-state index in [1.807, 2.05) is 40.7 Å². The average Bonchev–Trinajstić information content (AvgIpc) is 3.01. The molecule has 294 valence electrons. The number of nitrogens with zero attached hydrogens (tertiary/aromatic N) is 14. The first-order chi connectivity index (χ1) is 20.4. The van der Waals surface area contributed by atoms with Gasteiger partial charge in [-0.2, -0.15) is 10.2 Å². The van der Waals surface area contributed by atoms with Crippen molar-refractivity contribution in [2.24, 2.45) is 0 Å². The molecule has 0 aliphatic heterocycles. The van der Waals surface area contributed by atoms with Gasteiger partial charge in [0.1, 0.15) is 30.6 Å². The molecule has 0 atom stereocenters. The van der Waals surface area contributed by atoms with Crippen molar-refractivity contribution in [2.45, 2.75) is 41.5 Å². The molecule has 6 aromatic rings. The van der Waals surface area contributed by atoms with Crippen LogP contribution in [0.4, 0.5) is 0 Å². The van der Waals surface area contributed by atoms with Crippen molar-refractivity contribution in [3.8, 4) is 0 Å². The SMILES string of the molecule is Cc1ccncn1.Cc1cnccn1.Cc1cncnc1.Cc1cncnn1.Cc1ncccn1.Cc1nccnn1.[CH3-].[CH3-].[CH3-].[CH3-].[CH3-].[CH3-].[V].[V].[V].[V].[V].[V]. The summed E-state index contributed by atoms with van der Waals surface area (Å²) in [4.78, 5) is 38.1. The van der Waals surface area contributed by atoms with Crippen molar-refractivity contribution in [1.82, 2.24) is 70.2 Å². The van der Waals surface area contributed by atoms with Gasteiger partial charge in [0.15, 0.2) is 0 Å². The summed E-state index contributed by atoms with van der Waals surface area (Å²) in [7, 11) is 0. The number of aryl methyl sites for hydroxylation is 6. The van der Waals surface area contributed by atoms with Crippen LogP contribution in [0.1, 0.15) is 34.3 Å². The Bertz CT molecular complexity index is 1140. The molecule has 54 heavy (non-hydrogen) atoms. The minimum atomic E-state index is 0. The fraction of sp³-hybridized carbons (Fsp3) is 0.176. The van der Waals surface area contributed by atoms with Crippen LogP contribution in [-0.2, 0) is 111 Å². The maximum atomic E-state index is 3.92. The second-order valence-corrected chi connectivity index (χ2v) is 7.85. The first-order valence-electron chi connectivity index (χ1n) is 12.5. The zero-order chi connectivity index (χ0) is 30.7. The molecule has 20 heteroatoms. The van der Waals surface area contributed by atoms with Gasteiger partial charge in [-0.25, -0.2) is 39.9 Å². The van der Waals surface area contributed by atoms with Crippen LogP contribution in [0.5, 0.6) is 0 Å². The Morgan fingerprint density at radius 1 is 0.352 bits per heavy atom. The van der Waals surface area contributed by atoms with Crippen LogP contribution in [0.25, 0.3) is 0 Å². The Labute approximate surface area is 397 Å². The number of aromatic nitrogens is 14. The van der Waals surface area contributed by atoms with Crippen LogP contribution < -0.4 is 0 Å². The van der Waals surface area contributed by atoms with Gasteiger partial charge in [0, 0.05) is 173 Å². The van der Waals surface area contributed by atoms with E-state index in [0.29, 0.717) is 5.82 Å². The third-order valence-corrected chi connectivity index (χ3v) is 4.00. The molecule has 0 spiro atoms. The van der Waals surface area contributed by atoms with Crippen LogP contribution in [0.15, 0.2) is 99.3 Å². The summed E-state index contributed by atoms with van der Waals surface area (Å²) in [5, 5.41) is 14.4. The molecule has 0 amide bonds. The molecule has 0 fully saturated rings. The van der Waals surface area contributed by atoms with E-state index in [-0.39, 0.29) is 156 Å². The Hall–Kier alpha value is -2.15. The van der Waals surface area contributed by atoms with Gasteiger partial charge >= 0.3 is 0 Å². The summed E-state index contributed by atoms with van der Waals surface area (Å²) in [6.45, 7) is 11.3. The average molecular weight is 963 g/mol. The van der Waals surface area contributed by atoms with E-state index < -0.39 is 0 Å². The minimum Gasteiger partial charge on any atom is -0.358 e. The van der Waals surface area contributed by atoms with Gasteiger partial charge in [-0.3, -0.25) is 9.97 Å². The maximum Gasteiger partial charge on any atom is 0.147 e. The summed E-state index contributed by atoms with van der Waals surface area (Å²) in [6, 6.07) is 3.66. The fourth-order valence-corrected chi connectivity index (χ4v) is 2.11. The summed E-state index contributed by atoms with van der Waals surface area (Å²) >= 11 is 0. The van der Waals surface area contributed by atoms with Crippen LogP contribution in [0, 0.1) is 86.1 Å². The Morgan fingerprint density at radius 2 is 0.870 bits per heavy atom. The minimum absolute atomic E-state index is 0. The predicted octanol–water partition coefficient (Wildman–Crippen LogP) is 6.19. The zero-order valence-electron chi connectivity index (χ0n) is 33.2. The Morgan fingerprint density at radius 3 is 1.09 bits per heavy atom. The molecular formula is C34H52N14V6-6. The second kappa shape index (κ2) is 60.1. The van der Waals surface area contributed by atoms with E-state index in [1.165, 1.54) is 19.0 Å². The summed E-state index contributed by atoms with van der Waals surface area (Å²) in [5.74, 6) is 1.53.